The van der Waals surface area contributed by atoms with Gasteiger partial charge in [-0.3, -0.25) is 0 Å². The van der Waals surface area contributed by atoms with Crippen molar-refractivity contribution in [1.82, 2.24) is 15.1 Å². The summed E-state index contributed by atoms with van der Waals surface area (Å²) >= 11 is 3.54. The lowest BCUT2D eigenvalue weighted by molar-refractivity contribution is 0.324. The third-order valence-electron chi connectivity index (χ3n) is 4.91. The van der Waals surface area contributed by atoms with Crippen LogP contribution in [0.5, 0.6) is 5.75 Å². The van der Waals surface area contributed by atoms with E-state index >= 15 is 0 Å². The zero-order valence-electron chi connectivity index (χ0n) is 16.4. The van der Waals surface area contributed by atoms with Gasteiger partial charge in [0.2, 0.25) is 5.13 Å². The van der Waals surface area contributed by atoms with Crippen LogP contribution in [0.25, 0.3) is 0 Å². The number of piperazine rings is 1. The van der Waals surface area contributed by atoms with Gasteiger partial charge in [0.05, 0.1) is 7.11 Å². The maximum absolute atomic E-state index is 5.24. The van der Waals surface area contributed by atoms with Gasteiger partial charge in [-0.25, -0.2) is 0 Å². The molecule has 8 heteroatoms. The highest BCUT2D eigenvalue weighted by Gasteiger charge is 2.20. The third-order valence-corrected chi connectivity index (χ3v) is 7.01. The van der Waals surface area contributed by atoms with Gasteiger partial charge in [-0.1, -0.05) is 36.9 Å². The molecule has 0 unspecified atom stereocenters. The van der Waals surface area contributed by atoms with Gasteiger partial charge in [0.1, 0.15) is 5.75 Å². The predicted octanol–water partition coefficient (Wildman–Crippen LogP) is 3.31. The summed E-state index contributed by atoms with van der Waals surface area (Å²) in [7, 11) is 1.70. The smallest absolute Gasteiger partial charge is 0.209 e. The molecule has 0 N–H and O–H groups in total. The summed E-state index contributed by atoms with van der Waals surface area (Å²) in [5, 5.41) is 9.85. The number of thioether (sulfide) groups is 1. The second kappa shape index (κ2) is 10.1. The molecule has 1 aromatic carbocycles. The first-order valence-corrected chi connectivity index (χ1v) is 11.4. The quantitative estimate of drug-likeness (QED) is 0.591. The molecule has 1 aromatic heterocycles. The molecule has 27 heavy (non-hydrogen) atoms. The van der Waals surface area contributed by atoms with E-state index in [0.29, 0.717) is 0 Å². The van der Waals surface area contributed by atoms with E-state index in [1.807, 2.05) is 23.9 Å². The van der Waals surface area contributed by atoms with Gasteiger partial charge in [0.15, 0.2) is 4.34 Å². The summed E-state index contributed by atoms with van der Waals surface area (Å²) in [6.07, 6.45) is 0. The molecule has 0 atom stereocenters. The maximum Gasteiger partial charge on any atom is 0.209 e. The van der Waals surface area contributed by atoms with Crippen LogP contribution in [-0.4, -0.2) is 73.8 Å². The van der Waals surface area contributed by atoms with Crippen molar-refractivity contribution in [3.63, 3.8) is 0 Å². The molecule has 0 saturated carbocycles. The van der Waals surface area contributed by atoms with E-state index in [9.17, 15) is 0 Å². The number of hydrogen-bond donors (Lipinski definition) is 0. The van der Waals surface area contributed by atoms with Crippen molar-refractivity contribution in [1.29, 1.82) is 0 Å². The van der Waals surface area contributed by atoms with Crippen LogP contribution in [0.2, 0.25) is 0 Å². The highest BCUT2D eigenvalue weighted by molar-refractivity contribution is 8.01. The Kier molecular flexibility index (Phi) is 7.60. The first-order valence-electron chi connectivity index (χ1n) is 9.56. The van der Waals surface area contributed by atoms with Gasteiger partial charge in [-0.15, -0.1) is 10.2 Å². The van der Waals surface area contributed by atoms with Crippen LogP contribution in [0.3, 0.4) is 0 Å². The van der Waals surface area contributed by atoms with Gasteiger partial charge in [-0.05, 0) is 37.4 Å². The number of benzene rings is 1. The van der Waals surface area contributed by atoms with Gasteiger partial charge in [0, 0.05) is 44.2 Å². The number of anilines is 2. The van der Waals surface area contributed by atoms with E-state index < -0.39 is 0 Å². The van der Waals surface area contributed by atoms with Crippen LogP contribution in [-0.2, 0) is 0 Å². The van der Waals surface area contributed by atoms with Crippen molar-refractivity contribution in [3.05, 3.63) is 24.3 Å². The zero-order valence-corrected chi connectivity index (χ0v) is 18.1. The van der Waals surface area contributed by atoms with E-state index in [1.54, 1.807) is 18.4 Å². The largest absolute Gasteiger partial charge is 0.497 e. The van der Waals surface area contributed by atoms with Crippen LogP contribution in [0.1, 0.15) is 13.8 Å². The second-order valence-electron chi connectivity index (χ2n) is 6.40. The summed E-state index contributed by atoms with van der Waals surface area (Å²) in [5.74, 6) is 1.97. The number of ether oxygens (including phenoxy) is 1. The Morgan fingerprint density at radius 1 is 1.04 bits per heavy atom. The average Bonchev–Trinajstić information content (AvgIpc) is 3.20. The lowest BCUT2D eigenvalue weighted by Gasteiger charge is -2.35. The summed E-state index contributed by atoms with van der Waals surface area (Å²) in [6.45, 7) is 11.7. The molecule has 0 bridgehead atoms. The zero-order chi connectivity index (χ0) is 19.1. The second-order valence-corrected chi connectivity index (χ2v) is 8.70. The molecule has 0 amide bonds. The fourth-order valence-electron chi connectivity index (χ4n) is 3.14. The molecular weight excluding hydrogens is 378 g/mol. The van der Waals surface area contributed by atoms with E-state index in [2.05, 4.69) is 50.9 Å². The van der Waals surface area contributed by atoms with Crippen molar-refractivity contribution in [2.45, 2.75) is 18.2 Å². The van der Waals surface area contributed by atoms with Crippen LogP contribution in [0.4, 0.5) is 10.8 Å². The molecule has 1 fully saturated rings. The highest BCUT2D eigenvalue weighted by Crippen LogP contribution is 2.29. The first kappa shape index (κ1) is 20.2. The normalized spacial score (nSPS) is 14.8. The molecule has 6 nitrogen and oxygen atoms in total. The Hall–Kier alpha value is -1.51. The molecule has 0 aliphatic carbocycles. The molecule has 2 aromatic rings. The van der Waals surface area contributed by atoms with Crippen molar-refractivity contribution in [3.8, 4) is 5.75 Å². The first-order chi connectivity index (χ1) is 13.2. The molecular formula is C19H29N5OS2. The van der Waals surface area contributed by atoms with Gasteiger partial charge < -0.3 is 19.4 Å². The minimum absolute atomic E-state index is 0.900. The molecule has 148 valence electrons. The molecule has 1 saturated heterocycles. The molecule has 2 heterocycles. The monoisotopic (exact) mass is 407 g/mol. The molecule has 0 spiro atoms. The fraction of sp³-hybridized carbons (Fsp3) is 0.579. The lowest BCUT2D eigenvalue weighted by atomic mass is 10.2. The maximum atomic E-state index is 5.24. The van der Waals surface area contributed by atoms with Crippen LogP contribution < -0.4 is 14.5 Å². The van der Waals surface area contributed by atoms with Gasteiger partial charge >= 0.3 is 0 Å². The lowest BCUT2D eigenvalue weighted by Crippen LogP contribution is -2.46. The minimum Gasteiger partial charge on any atom is -0.497 e. The Morgan fingerprint density at radius 3 is 2.33 bits per heavy atom. The van der Waals surface area contributed by atoms with Crippen LogP contribution in [0.15, 0.2) is 28.6 Å². The Bertz CT molecular complexity index is 682. The van der Waals surface area contributed by atoms with Crippen molar-refractivity contribution in [2.24, 2.45) is 0 Å². The number of hydrogen-bond acceptors (Lipinski definition) is 8. The highest BCUT2D eigenvalue weighted by atomic mass is 32.2. The van der Waals surface area contributed by atoms with Crippen LogP contribution in [0, 0.1) is 0 Å². The minimum atomic E-state index is 0.900. The van der Waals surface area contributed by atoms with Crippen molar-refractivity contribution >= 4 is 33.9 Å². The van der Waals surface area contributed by atoms with Gasteiger partial charge in [-0.2, -0.15) is 0 Å². The summed E-state index contributed by atoms with van der Waals surface area (Å²) < 4.78 is 6.32. The fourth-order valence-corrected chi connectivity index (χ4v) is 5.10. The van der Waals surface area contributed by atoms with E-state index in [-0.39, 0.29) is 0 Å². The summed E-state index contributed by atoms with van der Waals surface area (Å²) in [4.78, 5) is 7.20. The van der Waals surface area contributed by atoms with E-state index in [1.165, 1.54) is 5.69 Å². The van der Waals surface area contributed by atoms with Crippen molar-refractivity contribution in [2.75, 3.05) is 68.5 Å². The Morgan fingerprint density at radius 2 is 1.70 bits per heavy atom. The number of methoxy groups -OCH3 is 1. The molecule has 0 radical (unpaired) electrons. The van der Waals surface area contributed by atoms with Gasteiger partial charge in [0.25, 0.3) is 0 Å². The predicted molar refractivity (Wildman–Crippen MR) is 116 cm³/mol. The van der Waals surface area contributed by atoms with E-state index in [0.717, 1.165) is 66.8 Å². The Labute approximate surface area is 170 Å². The molecule has 3 rings (SSSR count). The summed E-state index contributed by atoms with van der Waals surface area (Å²) in [6, 6.07) is 8.30. The SMILES string of the molecule is CCN(CC)CCSc1nnc(N2CCN(c3ccc(OC)cc3)CC2)s1. The third kappa shape index (κ3) is 5.49. The number of aromatic nitrogens is 2. The number of rotatable bonds is 9. The molecule has 1 aliphatic heterocycles. The molecule has 1 aliphatic rings. The standard InChI is InChI=1S/C19H29N5OS2/c1-4-22(5-2)14-15-26-19-21-20-18(27-19)24-12-10-23(11-13-24)16-6-8-17(25-3)9-7-16/h6-9H,4-5,10-15H2,1-3H3. The van der Waals surface area contributed by atoms with Crippen LogP contribution >= 0.6 is 23.1 Å². The van der Waals surface area contributed by atoms with E-state index in [4.69, 9.17) is 4.74 Å². The average molecular weight is 408 g/mol. The van der Waals surface area contributed by atoms with Crippen molar-refractivity contribution < 1.29 is 4.74 Å². The topological polar surface area (TPSA) is 44.7 Å². The Balaban J connectivity index is 1.47. The number of nitrogens with zero attached hydrogens (tertiary/aromatic N) is 5. The summed E-state index contributed by atoms with van der Waals surface area (Å²) in [5.41, 5.74) is 1.25.